The summed E-state index contributed by atoms with van der Waals surface area (Å²) in [5.41, 5.74) is 2.24. The zero-order chi connectivity index (χ0) is 21.4. The summed E-state index contributed by atoms with van der Waals surface area (Å²) in [7, 11) is 1.54. The van der Waals surface area contributed by atoms with E-state index in [1.807, 2.05) is 47.3 Å². The molecule has 154 valence electrons. The second-order valence-electron chi connectivity index (χ2n) is 6.99. The topological polar surface area (TPSA) is 77.6 Å². The van der Waals surface area contributed by atoms with E-state index in [1.165, 1.54) is 13.2 Å². The van der Waals surface area contributed by atoms with E-state index in [-0.39, 0.29) is 11.5 Å². The Hall–Kier alpha value is -3.32. The fourth-order valence-electron chi connectivity index (χ4n) is 3.78. The van der Waals surface area contributed by atoms with Gasteiger partial charge in [-0.25, -0.2) is 4.52 Å². The number of aromatic nitrogens is 3. The van der Waals surface area contributed by atoms with Gasteiger partial charge >= 0.3 is 0 Å². The molecule has 2 aromatic heterocycles. The molecular formula is C22H21ClN4O3. The van der Waals surface area contributed by atoms with Crippen molar-refractivity contribution in [2.75, 3.05) is 12.4 Å². The van der Waals surface area contributed by atoms with E-state index in [0.717, 1.165) is 10.9 Å². The summed E-state index contributed by atoms with van der Waals surface area (Å²) in [6, 6.07) is 13.6. The monoisotopic (exact) mass is 424 g/mol. The van der Waals surface area contributed by atoms with Crippen LogP contribution in [0.4, 0.5) is 5.69 Å². The van der Waals surface area contributed by atoms with Crippen LogP contribution >= 0.6 is 11.6 Å². The summed E-state index contributed by atoms with van der Waals surface area (Å²) in [5, 5.41) is 4.24. The Kier molecular flexibility index (Phi) is 5.22. The van der Waals surface area contributed by atoms with Crippen molar-refractivity contribution in [3.8, 4) is 5.75 Å². The number of nitrogens with one attached hydrogen (secondary N) is 1. The number of carbonyl (C=O) groups excluding carboxylic acids is 1. The van der Waals surface area contributed by atoms with Crippen molar-refractivity contribution < 1.29 is 9.53 Å². The van der Waals surface area contributed by atoms with Crippen LogP contribution < -0.4 is 15.6 Å². The number of fused-ring (bicyclic) bond motifs is 3. The third kappa shape index (κ3) is 3.31. The van der Waals surface area contributed by atoms with Gasteiger partial charge in [0.25, 0.3) is 5.56 Å². The van der Waals surface area contributed by atoms with E-state index in [9.17, 15) is 9.59 Å². The van der Waals surface area contributed by atoms with Gasteiger partial charge in [0.2, 0.25) is 5.91 Å². The standard InChI is InChI=1S/C22H21ClN4O3/c1-4-17(22(29)24-16-12-14(23)9-10-19(16)30-3)27-18-8-6-5-7-15(18)21-25-20(28)11-13(2)26(21)27/h5-12,17H,4H2,1-3H3,(H,24,29)/t17-/m1/s1. The van der Waals surface area contributed by atoms with Gasteiger partial charge in [0.1, 0.15) is 11.8 Å². The number of aryl methyl sites for hydroxylation is 1. The summed E-state index contributed by atoms with van der Waals surface area (Å²) < 4.78 is 9.06. The van der Waals surface area contributed by atoms with E-state index < -0.39 is 6.04 Å². The molecular weight excluding hydrogens is 404 g/mol. The number of ether oxygens (including phenoxy) is 1. The minimum atomic E-state index is -0.556. The van der Waals surface area contributed by atoms with Crippen molar-refractivity contribution in [2.24, 2.45) is 0 Å². The molecule has 0 saturated heterocycles. The number of amides is 1. The third-order valence-electron chi connectivity index (χ3n) is 5.09. The summed E-state index contributed by atoms with van der Waals surface area (Å²) in [5.74, 6) is 0.296. The van der Waals surface area contributed by atoms with Crippen LogP contribution in [-0.4, -0.2) is 27.2 Å². The zero-order valence-electron chi connectivity index (χ0n) is 16.8. The van der Waals surface area contributed by atoms with E-state index >= 15 is 0 Å². The molecule has 0 spiro atoms. The maximum absolute atomic E-state index is 13.4. The van der Waals surface area contributed by atoms with Crippen molar-refractivity contribution in [3.05, 3.63) is 69.6 Å². The molecule has 1 N–H and O–H groups in total. The summed E-state index contributed by atoms with van der Waals surface area (Å²) in [4.78, 5) is 29.6. The van der Waals surface area contributed by atoms with Gasteiger partial charge in [0.15, 0.2) is 5.65 Å². The smallest absolute Gasteiger partial charge is 0.273 e. The molecule has 2 aromatic carbocycles. The average Bonchev–Trinajstić information content (AvgIpc) is 3.04. The molecule has 4 rings (SSSR count). The largest absolute Gasteiger partial charge is 0.495 e. The van der Waals surface area contributed by atoms with Gasteiger partial charge < -0.3 is 10.1 Å². The quantitative estimate of drug-likeness (QED) is 0.520. The minimum absolute atomic E-state index is 0.223. The maximum Gasteiger partial charge on any atom is 0.273 e. The molecule has 1 amide bonds. The second-order valence-corrected chi connectivity index (χ2v) is 7.43. The first-order valence-electron chi connectivity index (χ1n) is 9.58. The fourth-order valence-corrected chi connectivity index (χ4v) is 3.95. The van der Waals surface area contributed by atoms with Crippen LogP contribution in [0.3, 0.4) is 0 Å². The van der Waals surface area contributed by atoms with Crippen molar-refractivity contribution in [3.63, 3.8) is 0 Å². The first kappa shape index (κ1) is 20.0. The van der Waals surface area contributed by atoms with E-state index in [1.54, 1.807) is 18.2 Å². The number of hydrogen-bond donors (Lipinski definition) is 1. The molecule has 0 saturated carbocycles. The van der Waals surface area contributed by atoms with Crippen LogP contribution in [0.1, 0.15) is 25.1 Å². The first-order valence-corrected chi connectivity index (χ1v) is 9.96. The van der Waals surface area contributed by atoms with Gasteiger partial charge in [-0.15, -0.1) is 0 Å². The molecule has 7 nitrogen and oxygen atoms in total. The molecule has 8 heteroatoms. The number of halogens is 1. The molecule has 0 aliphatic rings. The number of anilines is 1. The summed E-state index contributed by atoms with van der Waals surface area (Å²) >= 11 is 6.11. The molecule has 0 aliphatic heterocycles. The van der Waals surface area contributed by atoms with Crippen LogP contribution in [0.25, 0.3) is 16.6 Å². The predicted molar refractivity (Wildman–Crippen MR) is 118 cm³/mol. The molecule has 30 heavy (non-hydrogen) atoms. The lowest BCUT2D eigenvalue weighted by atomic mass is 10.2. The van der Waals surface area contributed by atoms with Gasteiger partial charge in [-0.1, -0.05) is 30.7 Å². The SMILES string of the molecule is CC[C@H](C(=O)Nc1cc(Cl)ccc1OC)n1c2ccccc2c2nc(=O)cc(C)n21. The Balaban J connectivity index is 1.88. The van der Waals surface area contributed by atoms with Gasteiger partial charge in [-0.2, -0.15) is 4.98 Å². The lowest BCUT2D eigenvalue weighted by Gasteiger charge is -2.21. The number of benzene rings is 2. The average molecular weight is 425 g/mol. The van der Waals surface area contributed by atoms with E-state index in [2.05, 4.69) is 10.3 Å². The second kappa shape index (κ2) is 7.84. The highest BCUT2D eigenvalue weighted by Gasteiger charge is 2.25. The Bertz CT molecular complexity index is 1330. The number of rotatable bonds is 5. The van der Waals surface area contributed by atoms with Crippen molar-refractivity contribution in [1.82, 2.24) is 14.2 Å². The summed E-state index contributed by atoms with van der Waals surface area (Å²) in [6.45, 7) is 3.77. The molecule has 4 aromatic rings. The van der Waals surface area contributed by atoms with Gasteiger partial charge in [0, 0.05) is 22.2 Å². The number of nitrogens with zero attached hydrogens (tertiary/aromatic N) is 3. The number of hydrogen-bond acceptors (Lipinski definition) is 4. The normalized spacial score (nSPS) is 12.3. The predicted octanol–water partition coefficient (Wildman–Crippen LogP) is 4.21. The van der Waals surface area contributed by atoms with Gasteiger partial charge in [0.05, 0.1) is 18.3 Å². The van der Waals surface area contributed by atoms with Crippen LogP contribution in [0.5, 0.6) is 5.75 Å². The van der Waals surface area contributed by atoms with E-state index in [0.29, 0.717) is 34.2 Å². The number of carbonyl (C=O) groups is 1. The van der Waals surface area contributed by atoms with E-state index in [4.69, 9.17) is 16.3 Å². The highest BCUT2D eigenvalue weighted by atomic mass is 35.5. The Morgan fingerprint density at radius 1 is 1.23 bits per heavy atom. The molecule has 0 radical (unpaired) electrons. The minimum Gasteiger partial charge on any atom is -0.495 e. The number of methoxy groups -OCH3 is 1. The highest BCUT2D eigenvalue weighted by molar-refractivity contribution is 6.31. The molecule has 1 atom stereocenters. The maximum atomic E-state index is 13.4. The molecule has 0 fully saturated rings. The molecule has 2 heterocycles. The van der Waals surface area contributed by atoms with Crippen molar-refractivity contribution in [2.45, 2.75) is 26.3 Å². The van der Waals surface area contributed by atoms with Crippen LogP contribution in [-0.2, 0) is 4.79 Å². The fraction of sp³-hybridized carbons (Fsp3) is 0.227. The highest BCUT2D eigenvalue weighted by Crippen LogP contribution is 2.31. The van der Waals surface area contributed by atoms with Crippen LogP contribution in [0.2, 0.25) is 5.02 Å². The first-order chi connectivity index (χ1) is 14.4. The Labute approximate surface area is 177 Å². The third-order valence-corrected chi connectivity index (χ3v) is 5.33. The summed E-state index contributed by atoms with van der Waals surface area (Å²) in [6.07, 6.45) is 0.522. The number of para-hydroxylation sites is 1. The lowest BCUT2D eigenvalue weighted by molar-refractivity contribution is -0.119. The van der Waals surface area contributed by atoms with Crippen molar-refractivity contribution >= 4 is 39.7 Å². The van der Waals surface area contributed by atoms with Gasteiger partial charge in [-0.3, -0.25) is 14.3 Å². The zero-order valence-corrected chi connectivity index (χ0v) is 17.6. The lowest BCUT2D eigenvalue weighted by Crippen LogP contribution is -2.29. The van der Waals surface area contributed by atoms with Crippen molar-refractivity contribution in [1.29, 1.82) is 0 Å². The Morgan fingerprint density at radius 2 is 2.00 bits per heavy atom. The molecule has 0 unspecified atom stereocenters. The molecule has 0 bridgehead atoms. The van der Waals surface area contributed by atoms with Crippen LogP contribution in [0, 0.1) is 6.92 Å². The Morgan fingerprint density at radius 3 is 2.73 bits per heavy atom. The van der Waals surface area contributed by atoms with Crippen LogP contribution in [0.15, 0.2) is 53.3 Å². The molecule has 0 aliphatic carbocycles. The van der Waals surface area contributed by atoms with Gasteiger partial charge in [-0.05, 0) is 43.7 Å².